The Balaban J connectivity index is 1.54. The maximum absolute atomic E-state index is 13.1. The molecule has 4 rings (SSSR count). The molecular weight excluding hydrogens is 383 g/mol. The number of halogens is 3. The predicted molar refractivity (Wildman–Crippen MR) is 103 cm³/mol. The molecule has 1 heterocycles. The normalized spacial score (nSPS) is 18.6. The van der Waals surface area contributed by atoms with Crippen LogP contribution in [0.15, 0.2) is 53.5 Å². The number of hydrogen-bond acceptors (Lipinski definition) is 3. The molecule has 0 aromatic heterocycles. The molecule has 1 aliphatic heterocycles. The van der Waals surface area contributed by atoms with E-state index in [2.05, 4.69) is 10.3 Å². The van der Waals surface area contributed by atoms with Gasteiger partial charge in [0.05, 0.1) is 22.9 Å². The van der Waals surface area contributed by atoms with E-state index in [1.807, 2.05) is 6.07 Å². The van der Waals surface area contributed by atoms with Crippen molar-refractivity contribution in [1.82, 2.24) is 0 Å². The van der Waals surface area contributed by atoms with Gasteiger partial charge in [-0.15, -0.1) is 0 Å². The van der Waals surface area contributed by atoms with Crippen LogP contribution < -0.4 is 10.2 Å². The van der Waals surface area contributed by atoms with Crippen molar-refractivity contribution in [3.63, 3.8) is 0 Å². The zero-order valence-corrected chi connectivity index (χ0v) is 15.4. The number of fused-ring (bicyclic) bond motifs is 2. The number of nitrogens with zero attached hydrogens (tertiary/aromatic N) is 2. The molecule has 1 fully saturated rings. The molecule has 5 nitrogen and oxygen atoms in total. The molecule has 0 spiro atoms. The third-order valence-electron chi connectivity index (χ3n) is 5.13. The summed E-state index contributed by atoms with van der Waals surface area (Å²) in [5.74, 6) is -0.996. The van der Waals surface area contributed by atoms with Crippen LogP contribution in [0.3, 0.4) is 0 Å². The minimum absolute atomic E-state index is 0.172. The molecule has 1 saturated carbocycles. The van der Waals surface area contributed by atoms with Crippen LogP contribution in [0.25, 0.3) is 0 Å². The topological polar surface area (TPSA) is 61.8 Å². The number of benzene rings is 2. The van der Waals surface area contributed by atoms with E-state index in [-0.39, 0.29) is 24.1 Å². The van der Waals surface area contributed by atoms with Crippen molar-refractivity contribution < 1.29 is 22.8 Å². The quantitative estimate of drug-likeness (QED) is 0.819. The zero-order chi connectivity index (χ0) is 20.6. The van der Waals surface area contributed by atoms with Crippen LogP contribution in [0.4, 0.5) is 30.2 Å². The fraction of sp³-hybridized carbons (Fsp3) is 0.286. The Labute approximate surface area is 165 Å². The number of carbonyl (C=O) groups excluding carboxylic acids is 2. The highest BCUT2D eigenvalue weighted by Gasteiger charge is 2.37. The van der Waals surface area contributed by atoms with Gasteiger partial charge in [-0.25, -0.2) is 0 Å². The SMILES string of the molecule is O=C(CN1C(=O)[C@@H]2CCCC2=Nc2ccccc21)Nc1ccc(C(F)(F)F)cc1. The van der Waals surface area contributed by atoms with E-state index in [9.17, 15) is 22.8 Å². The highest BCUT2D eigenvalue weighted by atomic mass is 19.4. The lowest BCUT2D eigenvalue weighted by Gasteiger charge is -2.24. The Hall–Kier alpha value is -3.16. The first-order valence-electron chi connectivity index (χ1n) is 9.28. The van der Waals surface area contributed by atoms with Gasteiger partial charge in [-0.05, 0) is 55.7 Å². The standard InChI is InChI=1S/C21H18F3N3O2/c22-21(23,24)13-8-10-14(11-9-13)25-19(28)12-27-18-7-2-1-5-17(18)26-16-6-3-4-15(16)20(27)29/h1-2,5,7-11,15H,3-4,6,12H2,(H,25,28)/t15-/m1/s1. The van der Waals surface area contributed by atoms with Crippen LogP contribution >= 0.6 is 0 Å². The lowest BCUT2D eigenvalue weighted by molar-refractivity contribution is -0.137. The van der Waals surface area contributed by atoms with Crippen molar-refractivity contribution in [3.8, 4) is 0 Å². The van der Waals surface area contributed by atoms with Crippen molar-refractivity contribution in [2.45, 2.75) is 25.4 Å². The Kier molecular flexibility index (Phi) is 4.86. The number of anilines is 2. The minimum atomic E-state index is -4.44. The van der Waals surface area contributed by atoms with Gasteiger partial charge in [0.15, 0.2) is 0 Å². The van der Waals surface area contributed by atoms with Gasteiger partial charge >= 0.3 is 6.18 Å². The smallest absolute Gasteiger partial charge is 0.325 e. The van der Waals surface area contributed by atoms with Gasteiger partial charge in [-0.1, -0.05) is 12.1 Å². The van der Waals surface area contributed by atoms with Crippen molar-refractivity contribution >= 4 is 34.6 Å². The first-order valence-corrected chi connectivity index (χ1v) is 9.28. The van der Waals surface area contributed by atoms with Gasteiger partial charge in [-0.2, -0.15) is 13.2 Å². The number of amides is 2. The molecule has 8 heteroatoms. The number of carbonyl (C=O) groups is 2. The van der Waals surface area contributed by atoms with E-state index in [1.165, 1.54) is 17.0 Å². The summed E-state index contributed by atoms with van der Waals surface area (Å²) in [5.41, 5.74) is 1.48. The average molecular weight is 401 g/mol. The Morgan fingerprint density at radius 1 is 1.14 bits per heavy atom. The van der Waals surface area contributed by atoms with Crippen LogP contribution in [-0.4, -0.2) is 24.1 Å². The summed E-state index contributed by atoms with van der Waals surface area (Å²) in [4.78, 5) is 31.7. The summed E-state index contributed by atoms with van der Waals surface area (Å²) in [5, 5.41) is 2.56. The number of rotatable bonds is 3. The molecule has 150 valence electrons. The molecule has 2 aliphatic rings. The molecule has 0 bridgehead atoms. The highest BCUT2D eigenvalue weighted by molar-refractivity contribution is 6.16. The summed E-state index contributed by atoms with van der Waals surface area (Å²) >= 11 is 0. The molecule has 1 N–H and O–H groups in total. The molecule has 1 aliphatic carbocycles. The number of para-hydroxylation sites is 2. The van der Waals surface area contributed by atoms with Crippen LogP contribution in [0.2, 0.25) is 0 Å². The largest absolute Gasteiger partial charge is 0.416 e. The lowest BCUT2D eigenvalue weighted by Crippen LogP contribution is -2.41. The maximum Gasteiger partial charge on any atom is 0.416 e. The molecule has 0 saturated heterocycles. The molecule has 29 heavy (non-hydrogen) atoms. The summed E-state index contributed by atoms with van der Waals surface area (Å²) in [6.45, 7) is -0.240. The minimum Gasteiger partial charge on any atom is -0.325 e. The van der Waals surface area contributed by atoms with Crippen molar-refractivity contribution in [1.29, 1.82) is 0 Å². The molecule has 1 atom stereocenters. The van der Waals surface area contributed by atoms with Crippen LogP contribution in [0.5, 0.6) is 0 Å². The van der Waals surface area contributed by atoms with E-state index < -0.39 is 17.6 Å². The second kappa shape index (κ2) is 7.35. The Morgan fingerprint density at radius 2 is 1.86 bits per heavy atom. The second-order valence-corrected chi connectivity index (χ2v) is 7.08. The van der Waals surface area contributed by atoms with E-state index in [0.29, 0.717) is 17.8 Å². The van der Waals surface area contributed by atoms with Gasteiger partial charge in [0.25, 0.3) is 0 Å². The molecule has 2 amide bonds. The van der Waals surface area contributed by atoms with E-state index in [4.69, 9.17) is 0 Å². The first kappa shape index (κ1) is 19.2. The van der Waals surface area contributed by atoms with Crippen LogP contribution in [0.1, 0.15) is 24.8 Å². The van der Waals surface area contributed by atoms with Crippen molar-refractivity contribution in [2.24, 2.45) is 10.9 Å². The van der Waals surface area contributed by atoms with Gasteiger partial charge in [0.2, 0.25) is 11.8 Å². The second-order valence-electron chi connectivity index (χ2n) is 7.08. The van der Waals surface area contributed by atoms with E-state index >= 15 is 0 Å². The predicted octanol–water partition coefficient (Wildman–Crippen LogP) is 4.56. The monoisotopic (exact) mass is 401 g/mol. The van der Waals surface area contributed by atoms with E-state index in [0.717, 1.165) is 30.7 Å². The maximum atomic E-state index is 13.1. The summed E-state index contributed by atoms with van der Waals surface area (Å²) < 4.78 is 38.0. The van der Waals surface area contributed by atoms with Crippen LogP contribution in [0, 0.1) is 5.92 Å². The fourth-order valence-electron chi connectivity index (χ4n) is 3.73. The Morgan fingerprint density at radius 3 is 2.59 bits per heavy atom. The van der Waals surface area contributed by atoms with Gasteiger partial charge in [-0.3, -0.25) is 14.6 Å². The number of aliphatic imine (C=N–C) groups is 1. The highest BCUT2D eigenvalue weighted by Crippen LogP contribution is 2.37. The van der Waals surface area contributed by atoms with Gasteiger partial charge in [0.1, 0.15) is 6.54 Å². The molecule has 2 aromatic carbocycles. The number of hydrogen-bond donors (Lipinski definition) is 1. The summed E-state index contributed by atoms with van der Waals surface area (Å²) in [6.07, 6.45) is -2.11. The molecule has 2 aromatic rings. The summed E-state index contributed by atoms with van der Waals surface area (Å²) in [6, 6.07) is 11.3. The third kappa shape index (κ3) is 3.87. The number of alkyl halides is 3. The molecular formula is C21H18F3N3O2. The fourth-order valence-corrected chi connectivity index (χ4v) is 3.73. The average Bonchev–Trinajstić information content (AvgIpc) is 3.10. The first-order chi connectivity index (χ1) is 13.8. The van der Waals surface area contributed by atoms with Crippen LogP contribution in [-0.2, 0) is 15.8 Å². The third-order valence-corrected chi connectivity index (χ3v) is 5.13. The van der Waals surface area contributed by atoms with Crippen molar-refractivity contribution in [2.75, 3.05) is 16.8 Å². The van der Waals surface area contributed by atoms with Gasteiger partial charge < -0.3 is 10.2 Å². The molecule has 0 unspecified atom stereocenters. The number of nitrogens with one attached hydrogen (secondary N) is 1. The molecule has 0 radical (unpaired) electrons. The summed E-state index contributed by atoms with van der Waals surface area (Å²) in [7, 11) is 0. The van der Waals surface area contributed by atoms with Gasteiger partial charge in [0, 0.05) is 11.4 Å². The Bertz CT molecular complexity index is 983. The lowest BCUT2D eigenvalue weighted by atomic mass is 10.1. The van der Waals surface area contributed by atoms with E-state index in [1.54, 1.807) is 18.2 Å². The van der Waals surface area contributed by atoms with Crippen molar-refractivity contribution in [3.05, 3.63) is 54.1 Å². The zero-order valence-electron chi connectivity index (χ0n) is 15.4.